The molecule has 1 saturated heterocycles. The zero-order valence-corrected chi connectivity index (χ0v) is 20.9. The molecular weight excluding hydrogens is 456 g/mol. The number of carbonyl (C=O) groups is 1. The van der Waals surface area contributed by atoms with Crippen molar-refractivity contribution in [3.8, 4) is 5.75 Å². The Morgan fingerprint density at radius 2 is 1.71 bits per heavy atom. The number of anilines is 2. The summed E-state index contributed by atoms with van der Waals surface area (Å²) in [6.07, 6.45) is 6.67. The number of methoxy groups -OCH3 is 1. The fourth-order valence-electron chi connectivity index (χ4n) is 5.45. The summed E-state index contributed by atoms with van der Waals surface area (Å²) in [4.78, 5) is 16.3. The number of carbonyl (C=O) groups excluding carboxylic acids is 1. The van der Waals surface area contributed by atoms with Crippen LogP contribution in [0, 0.1) is 24.7 Å². The first-order valence-electron chi connectivity index (χ1n) is 12.2. The van der Waals surface area contributed by atoms with E-state index in [0.717, 1.165) is 42.1 Å². The maximum Gasteiger partial charge on any atom is 0.233 e. The highest BCUT2D eigenvalue weighted by molar-refractivity contribution is 6.30. The van der Waals surface area contributed by atoms with Gasteiger partial charge in [-0.3, -0.25) is 4.79 Å². The van der Waals surface area contributed by atoms with E-state index in [4.69, 9.17) is 16.3 Å². The summed E-state index contributed by atoms with van der Waals surface area (Å²) in [5.41, 5.74) is 4.15. The predicted octanol–water partition coefficient (Wildman–Crippen LogP) is 7.06. The second-order valence-corrected chi connectivity index (χ2v) is 9.99. The molecule has 1 aliphatic heterocycles. The molecular formula is C30H31ClN2O2. The van der Waals surface area contributed by atoms with Crippen LogP contribution < -0.4 is 15.0 Å². The van der Waals surface area contributed by atoms with Crippen LogP contribution in [0.25, 0.3) is 0 Å². The molecule has 0 spiro atoms. The Labute approximate surface area is 212 Å². The van der Waals surface area contributed by atoms with E-state index >= 15 is 0 Å². The molecule has 0 aromatic heterocycles. The Bertz CT molecular complexity index is 1190. The van der Waals surface area contributed by atoms with Crippen LogP contribution in [0.2, 0.25) is 5.02 Å². The normalized spacial score (nSPS) is 22.4. The minimum absolute atomic E-state index is 0.156. The molecule has 0 radical (unpaired) electrons. The molecule has 1 fully saturated rings. The highest BCUT2D eigenvalue weighted by Crippen LogP contribution is 2.45. The van der Waals surface area contributed by atoms with E-state index in [0.29, 0.717) is 10.9 Å². The number of halogens is 1. The van der Waals surface area contributed by atoms with Crippen LogP contribution in [-0.2, 0) is 4.79 Å². The number of hydrogen-bond donors (Lipinski definition) is 1. The van der Waals surface area contributed by atoms with Gasteiger partial charge < -0.3 is 15.0 Å². The number of nitrogens with zero attached hydrogens (tertiary/aromatic N) is 1. The number of rotatable bonds is 6. The molecule has 1 N–H and O–H groups in total. The van der Waals surface area contributed by atoms with E-state index in [9.17, 15) is 4.79 Å². The van der Waals surface area contributed by atoms with Gasteiger partial charge in [0.1, 0.15) is 5.75 Å². The maximum absolute atomic E-state index is 14.3. The Morgan fingerprint density at radius 3 is 2.40 bits per heavy atom. The van der Waals surface area contributed by atoms with Gasteiger partial charge in [0.05, 0.1) is 19.1 Å². The molecule has 3 aromatic carbocycles. The minimum atomic E-state index is -0.254. The lowest BCUT2D eigenvalue weighted by molar-refractivity contribution is -0.127. The average molecular weight is 487 g/mol. The molecule has 0 bridgehead atoms. The monoisotopic (exact) mass is 486 g/mol. The molecule has 0 saturated carbocycles. The number of amides is 1. The largest absolute Gasteiger partial charge is 0.497 e. The average Bonchev–Trinajstić information content (AvgIpc) is 2.89. The van der Waals surface area contributed by atoms with Crippen molar-refractivity contribution in [2.75, 3.05) is 23.9 Å². The van der Waals surface area contributed by atoms with Crippen molar-refractivity contribution < 1.29 is 9.53 Å². The molecule has 1 amide bonds. The third kappa shape index (κ3) is 4.94. The number of ether oxygens (including phenoxy) is 1. The number of aryl methyl sites for hydroxylation is 1. The third-order valence-electron chi connectivity index (χ3n) is 7.34. The molecule has 4 atom stereocenters. The van der Waals surface area contributed by atoms with Crippen molar-refractivity contribution in [2.45, 2.75) is 25.8 Å². The van der Waals surface area contributed by atoms with Gasteiger partial charge >= 0.3 is 0 Å². The van der Waals surface area contributed by atoms with E-state index < -0.39 is 0 Å². The summed E-state index contributed by atoms with van der Waals surface area (Å²) in [7, 11) is 1.67. The minimum Gasteiger partial charge on any atom is -0.497 e. The van der Waals surface area contributed by atoms with E-state index in [1.807, 2.05) is 41.3 Å². The number of allylic oxidation sites excluding steroid dienone is 2. The van der Waals surface area contributed by atoms with Gasteiger partial charge in [0, 0.05) is 22.9 Å². The van der Waals surface area contributed by atoms with Crippen molar-refractivity contribution in [3.05, 3.63) is 101 Å². The van der Waals surface area contributed by atoms with Crippen LogP contribution in [0.15, 0.2) is 84.9 Å². The fraction of sp³-hybridized carbons (Fsp3) is 0.300. The SMILES string of the molecule is COc1ccc(C(Nc2ccc(Cl)cc2)[C@H]2C(=O)N(c3ccc(C)cc3)C[C@H]3CCC=C[C@H]32)cc1. The Morgan fingerprint density at radius 1 is 1.00 bits per heavy atom. The van der Waals surface area contributed by atoms with E-state index in [-0.39, 0.29) is 23.8 Å². The van der Waals surface area contributed by atoms with Gasteiger partial charge in [-0.15, -0.1) is 0 Å². The smallest absolute Gasteiger partial charge is 0.233 e. The molecule has 5 heteroatoms. The van der Waals surface area contributed by atoms with Gasteiger partial charge in [0.25, 0.3) is 0 Å². The highest BCUT2D eigenvalue weighted by Gasteiger charge is 2.46. The zero-order valence-electron chi connectivity index (χ0n) is 20.2. The molecule has 1 aliphatic carbocycles. The first-order valence-corrected chi connectivity index (χ1v) is 12.6. The molecule has 5 rings (SSSR count). The number of benzene rings is 3. The predicted molar refractivity (Wildman–Crippen MR) is 143 cm³/mol. The van der Waals surface area contributed by atoms with Crippen LogP contribution in [0.1, 0.15) is 30.0 Å². The lowest BCUT2D eigenvalue weighted by atomic mass is 9.68. The van der Waals surface area contributed by atoms with Crippen molar-refractivity contribution >= 4 is 28.9 Å². The number of piperidine rings is 1. The Hall–Kier alpha value is -3.24. The number of nitrogens with one attached hydrogen (secondary N) is 1. The fourth-order valence-corrected chi connectivity index (χ4v) is 5.57. The topological polar surface area (TPSA) is 41.6 Å². The van der Waals surface area contributed by atoms with E-state index in [2.05, 4.69) is 60.8 Å². The van der Waals surface area contributed by atoms with Crippen LogP contribution in [0.5, 0.6) is 5.75 Å². The Balaban J connectivity index is 1.58. The molecule has 180 valence electrons. The van der Waals surface area contributed by atoms with Crippen molar-refractivity contribution in [2.24, 2.45) is 17.8 Å². The second-order valence-electron chi connectivity index (χ2n) is 9.56. The summed E-state index contributed by atoms with van der Waals surface area (Å²) in [5, 5.41) is 4.38. The number of hydrogen-bond acceptors (Lipinski definition) is 3. The standard InChI is InChI=1S/C30H31ClN2O2/c1-20-7-15-25(16-8-20)33-19-22-5-3-4-6-27(22)28(30(33)34)29(21-9-17-26(35-2)18-10-21)32-24-13-11-23(31)12-14-24/h4,6-18,22,27-29,32H,3,5,19H2,1-2H3/t22-,27-,28+,29?/m1/s1. The lowest BCUT2D eigenvalue weighted by Gasteiger charge is -2.46. The van der Waals surface area contributed by atoms with Gasteiger partial charge in [-0.1, -0.05) is 53.6 Å². The van der Waals surface area contributed by atoms with Crippen molar-refractivity contribution in [3.63, 3.8) is 0 Å². The van der Waals surface area contributed by atoms with Crippen LogP contribution in [-0.4, -0.2) is 19.6 Å². The molecule has 3 aromatic rings. The zero-order chi connectivity index (χ0) is 24.4. The summed E-state index contributed by atoms with van der Waals surface area (Å²) in [6, 6.07) is 23.8. The quantitative estimate of drug-likeness (QED) is 0.379. The van der Waals surface area contributed by atoms with Crippen LogP contribution >= 0.6 is 11.6 Å². The number of fused-ring (bicyclic) bond motifs is 1. The molecule has 1 unspecified atom stereocenters. The molecule has 1 heterocycles. The molecule has 4 nitrogen and oxygen atoms in total. The van der Waals surface area contributed by atoms with Gasteiger partial charge in [0.2, 0.25) is 5.91 Å². The summed E-state index contributed by atoms with van der Waals surface area (Å²) < 4.78 is 5.40. The summed E-state index contributed by atoms with van der Waals surface area (Å²) in [6.45, 7) is 2.83. The van der Waals surface area contributed by atoms with Gasteiger partial charge in [-0.05, 0) is 85.7 Å². The van der Waals surface area contributed by atoms with E-state index in [1.54, 1.807) is 7.11 Å². The third-order valence-corrected chi connectivity index (χ3v) is 7.59. The van der Waals surface area contributed by atoms with Gasteiger partial charge in [-0.25, -0.2) is 0 Å². The van der Waals surface area contributed by atoms with Gasteiger partial charge in [0.15, 0.2) is 0 Å². The van der Waals surface area contributed by atoms with Gasteiger partial charge in [-0.2, -0.15) is 0 Å². The van der Waals surface area contributed by atoms with Crippen molar-refractivity contribution in [1.29, 1.82) is 0 Å². The van der Waals surface area contributed by atoms with Crippen molar-refractivity contribution in [1.82, 2.24) is 0 Å². The first-order chi connectivity index (χ1) is 17.0. The lowest BCUT2D eigenvalue weighted by Crippen LogP contribution is -2.53. The summed E-state index contributed by atoms with van der Waals surface area (Å²) in [5.74, 6) is 1.28. The molecule has 35 heavy (non-hydrogen) atoms. The summed E-state index contributed by atoms with van der Waals surface area (Å²) >= 11 is 6.15. The second kappa shape index (κ2) is 10.2. The Kier molecular flexibility index (Phi) is 6.83. The van der Waals surface area contributed by atoms with E-state index in [1.165, 1.54) is 5.56 Å². The molecule has 2 aliphatic rings. The maximum atomic E-state index is 14.3. The van der Waals surface area contributed by atoms with Crippen LogP contribution in [0.4, 0.5) is 11.4 Å². The highest BCUT2D eigenvalue weighted by atomic mass is 35.5. The van der Waals surface area contributed by atoms with Crippen LogP contribution in [0.3, 0.4) is 0 Å². The first kappa shape index (κ1) is 23.5.